The molecule has 7 heteroatoms. The van der Waals surface area contributed by atoms with Gasteiger partial charge < -0.3 is 14.5 Å². The number of carbonyl (C=O) groups is 1. The second-order valence-electron chi connectivity index (χ2n) is 6.71. The van der Waals surface area contributed by atoms with Crippen LogP contribution in [0.4, 0.5) is 0 Å². The predicted octanol–water partition coefficient (Wildman–Crippen LogP) is 4.96. The molecule has 0 radical (unpaired) electrons. The highest BCUT2D eigenvalue weighted by Crippen LogP contribution is 2.19. The SMILES string of the molecule is CC(C)Oc1ccc(CNC(=O)c2ccc(C[S@](=O)c3cccc(Cl)c3)o2)cc1. The summed E-state index contributed by atoms with van der Waals surface area (Å²) in [6.07, 6.45) is 0.113. The van der Waals surface area contributed by atoms with E-state index in [1.807, 2.05) is 38.1 Å². The zero-order valence-corrected chi connectivity index (χ0v) is 17.8. The van der Waals surface area contributed by atoms with Crippen LogP contribution in [0.5, 0.6) is 5.75 Å². The molecule has 0 aliphatic heterocycles. The van der Waals surface area contributed by atoms with Gasteiger partial charge in [0.25, 0.3) is 5.91 Å². The Morgan fingerprint density at radius 2 is 1.90 bits per heavy atom. The van der Waals surface area contributed by atoms with Gasteiger partial charge in [-0.1, -0.05) is 29.8 Å². The molecular weight excluding hydrogens is 410 g/mol. The molecule has 152 valence electrons. The molecule has 1 amide bonds. The fourth-order valence-corrected chi connectivity index (χ4v) is 3.95. The van der Waals surface area contributed by atoms with Gasteiger partial charge in [0.15, 0.2) is 5.76 Å². The minimum atomic E-state index is -1.31. The number of ether oxygens (including phenoxy) is 1. The zero-order valence-electron chi connectivity index (χ0n) is 16.2. The van der Waals surface area contributed by atoms with Crippen molar-refractivity contribution >= 4 is 28.3 Å². The van der Waals surface area contributed by atoms with Crippen molar-refractivity contribution < 1.29 is 18.2 Å². The van der Waals surface area contributed by atoms with E-state index in [4.69, 9.17) is 20.8 Å². The molecule has 0 bridgehead atoms. The highest BCUT2D eigenvalue weighted by Gasteiger charge is 2.14. The molecule has 5 nitrogen and oxygen atoms in total. The first-order chi connectivity index (χ1) is 13.9. The molecule has 3 aromatic rings. The largest absolute Gasteiger partial charge is 0.491 e. The van der Waals surface area contributed by atoms with Gasteiger partial charge in [0.2, 0.25) is 0 Å². The third-order valence-corrected chi connectivity index (χ3v) is 5.53. The molecule has 0 spiro atoms. The zero-order chi connectivity index (χ0) is 20.8. The molecular formula is C22H22ClNO4S. The highest BCUT2D eigenvalue weighted by molar-refractivity contribution is 7.84. The number of hydrogen-bond donors (Lipinski definition) is 1. The highest BCUT2D eigenvalue weighted by atomic mass is 35.5. The Morgan fingerprint density at radius 3 is 2.59 bits per heavy atom. The molecule has 0 saturated carbocycles. The number of nitrogens with one attached hydrogen (secondary N) is 1. The summed E-state index contributed by atoms with van der Waals surface area (Å²) in [5, 5.41) is 3.34. The topological polar surface area (TPSA) is 68.5 Å². The Balaban J connectivity index is 1.54. The van der Waals surface area contributed by atoms with Crippen molar-refractivity contribution in [2.24, 2.45) is 0 Å². The van der Waals surface area contributed by atoms with Crippen LogP contribution in [0.3, 0.4) is 0 Å². The lowest BCUT2D eigenvalue weighted by Crippen LogP contribution is -2.22. The Bertz CT molecular complexity index is 998. The van der Waals surface area contributed by atoms with E-state index in [9.17, 15) is 9.00 Å². The molecule has 1 aromatic heterocycles. The van der Waals surface area contributed by atoms with Crippen LogP contribution >= 0.6 is 11.6 Å². The normalized spacial score (nSPS) is 12.0. The molecule has 29 heavy (non-hydrogen) atoms. The van der Waals surface area contributed by atoms with E-state index in [2.05, 4.69) is 5.32 Å². The van der Waals surface area contributed by atoms with E-state index >= 15 is 0 Å². The maximum Gasteiger partial charge on any atom is 0.287 e. The van der Waals surface area contributed by atoms with Crippen LogP contribution < -0.4 is 10.1 Å². The van der Waals surface area contributed by atoms with Crippen molar-refractivity contribution in [3.05, 3.63) is 82.8 Å². The van der Waals surface area contributed by atoms with Gasteiger partial charge in [-0.05, 0) is 61.9 Å². The summed E-state index contributed by atoms with van der Waals surface area (Å²) in [6, 6.07) is 17.7. The van der Waals surface area contributed by atoms with E-state index in [1.165, 1.54) is 0 Å². The fraction of sp³-hybridized carbons (Fsp3) is 0.227. The summed E-state index contributed by atoms with van der Waals surface area (Å²) < 4.78 is 23.6. The molecule has 1 N–H and O–H groups in total. The van der Waals surface area contributed by atoms with E-state index < -0.39 is 10.8 Å². The second kappa shape index (κ2) is 9.76. The smallest absolute Gasteiger partial charge is 0.287 e. The molecule has 0 saturated heterocycles. The van der Waals surface area contributed by atoms with Crippen molar-refractivity contribution in [1.82, 2.24) is 5.32 Å². The maximum absolute atomic E-state index is 12.4. The van der Waals surface area contributed by atoms with Crippen molar-refractivity contribution in [3.8, 4) is 5.75 Å². The van der Waals surface area contributed by atoms with Gasteiger partial charge in [-0.3, -0.25) is 9.00 Å². The summed E-state index contributed by atoms with van der Waals surface area (Å²) in [5.41, 5.74) is 0.947. The molecule has 0 fully saturated rings. The number of hydrogen-bond acceptors (Lipinski definition) is 4. The van der Waals surface area contributed by atoms with Gasteiger partial charge in [0.1, 0.15) is 11.5 Å². The quantitative estimate of drug-likeness (QED) is 0.547. The summed E-state index contributed by atoms with van der Waals surface area (Å²) in [5.74, 6) is 1.29. The minimum absolute atomic E-state index is 0.113. The summed E-state index contributed by atoms with van der Waals surface area (Å²) in [7, 11) is -1.31. The second-order valence-corrected chi connectivity index (χ2v) is 8.59. The molecule has 1 atom stereocenters. The third-order valence-electron chi connectivity index (χ3n) is 3.97. The van der Waals surface area contributed by atoms with Crippen LogP contribution in [-0.2, 0) is 23.1 Å². The van der Waals surface area contributed by atoms with Crippen molar-refractivity contribution in [2.75, 3.05) is 0 Å². The molecule has 0 aliphatic carbocycles. The van der Waals surface area contributed by atoms with Crippen molar-refractivity contribution in [3.63, 3.8) is 0 Å². The number of amides is 1. The molecule has 0 aliphatic rings. The van der Waals surface area contributed by atoms with Gasteiger partial charge in [-0.2, -0.15) is 0 Å². The molecule has 2 aromatic carbocycles. The summed E-state index contributed by atoms with van der Waals surface area (Å²) in [6.45, 7) is 4.30. The number of carbonyl (C=O) groups excluding carboxylic acids is 1. The van der Waals surface area contributed by atoms with E-state index in [0.29, 0.717) is 22.2 Å². The lowest BCUT2D eigenvalue weighted by Gasteiger charge is -2.10. The van der Waals surface area contributed by atoms with E-state index in [1.54, 1.807) is 36.4 Å². The van der Waals surface area contributed by atoms with Crippen LogP contribution in [0, 0.1) is 0 Å². The molecule has 1 heterocycles. The number of benzene rings is 2. The Kier molecular flexibility index (Phi) is 7.12. The first kappa shape index (κ1) is 21.1. The average Bonchev–Trinajstić information content (AvgIpc) is 3.15. The van der Waals surface area contributed by atoms with Crippen molar-refractivity contribution in [1.29, 1.82) is 0 Å². The molecule has 3 rings (SSSR count). The number of halogens is 1. The van der Waals surface area contributed by atoms with Gasteiger partial charge in [-0.15, -0.1) is 0 Å². The van der Waals surface area contributed by atoms with Crippen LogP contribution in [0.25, 0.3) is 0 Å². The minimum Gasteiger partial charge on any atom is -0.491 e. The monoisotopic (exact) mass is 431 g/mol. The third kappa shape index (κ3) is 6.21. The van der Waals surface area contributed by atoms with Crippen LogP contribution in [0.1, 0.15) is 35.7 Å². The first-order valence-corrected chi connectivity index (χ1v) is 10.9. The average molecular weight is 432 g/mol. The van der Waals surface area contributed by atoms with E-state index in [-0.39, 0.29) is 23.5 Å². The maximum atomic E-state index is 12.4. The molecule has 0 unspecified atom stereocenters. The Morgan fingerprint density at radius 1 is 1.14 bits per heavy atom. The lowest BCUT2D eigenvalue weighted by molar-refractivity contribution is 0.0921. The van der Waals surface area contributed by atoms with Gasteiger partial charge >= 0.3 is 0 Å². The lowest BCUT2D eigenvalue weighted by atomic mass is 10.2. The van der Waals surface area contributed by atoms with Gasteiger partial charge in [0.05, 0.1) is 22.7 Å². The van der Waals surface area contributed by atoms with Gasteiger partial charge in [0, 0.05) is 16.5 Å². The first-order valence-electron chi connectivity index (χ1n) is 9.17. The Labute approximate surface area is 177 Å². The van der Waals surface area contributed by atoms with Crippen LogP contribution in [0.15, 0.2) is 70.0 Å². The van der Waals surface area contributed by atoms with Crippen molar-refractivity contribution in [2.45, 2.75) is 37.1 Å². The van der Waals surface area contributed by atoms with Gasteiger partial charge in [-0.25, -0.2) is 0 Å². The summed E-state index contributed by atoms with van der Waals surface area (Å²) in [4.78, 5) is 12.9. The van der Waals surface area contributed by atoms with Crippen LogP contribution in [0.2, 0.25) is 5.02 Å². The van der Waals surface area contributed by atoms with E-state index in [0.717, 1.165) is 11.3 Å². The van der Waals surface area contributed by atoms with Crippen LogP contribution in [-0.4, -0.2) is 16.2 Å². The summed E-state index contributed by atoms with van der Waals surface area (Å²) >= 11 is 5.94. The number of rotatable bonds is 8. The standard InChI is InChI=1S/C22H22ClNO4S/c1-15(2)27-18-8-6-16(7-9-18)13-24-22(25)21-11-10-19(28-21)14-29(26)20-5-3-4-17(23)12-20/h3-12,15H,13-14H2,1-2H3,(H,24,25)/t29-/m0/s1. The fourth-order valence-electron chi connectivity index (χ4n) is 2.63. The number of furan rings is 1. The Hall–Kier alpha value is -2.57. The predicted molar refractivity (Wildman–Crippen MR) is 114 cm³/mol.